The number of hydrogen-bond donors (Lipinski definition) is 2. The molecule has 2 rings (SSSR count). The minimum Gasteiger partial charge on any atom is -0.481 e. The molecule has 1 aliphatic heterocycles. The topological polar surface area (TPSA) is 94.9 Å². The number of aryl methyl sites for hydroxylation is 1. The maximum atomic E-state index is 12.6. The number of thioether (sulfide) groups is 1. The third kappa shape index (κ3) is 4.67. The van der Waals surface area contributed by atoms with Gasteiger partial charge in [-0.05, 0) is 30.0 Å². The molecule has 1 saturated heterocycles. The van der Waals surface area contributed by atoms with Gasteiger partial charge in [-0.3, -0.25) is 14.5 Å². The van der Waals surface area contributed by atoms with Crippen LogP contribution in [0.1, 0.15) is 30.9 Å². The number of aliphatic carboxylic acids is 2. The van der Waals surface area contributed by atoms with Crippen LogP contribution in [0, 0.1) is 0 Å². The van der Waals surface area contributed by atoms with Crippen molar-refractivity contribution >= 4 is 52.2 Å². The molecule has 1 atom stereocenters. The van der Waals surface area contributed by atoms with E-state index in [0.29, 0.717) is 4.91 Å². The second kappa shape index (κ2) is 8.26. The van der Waals surface area contributed by atoms with Gasteiger partial charge >= 0.3 is 11.9 Å². The molecule has 8 heteroatoms. The summed E-state index contributed by atoms with van der Waals surface area (Å²) in [6.07, 6.45) is 2.02. The molecule has 6 nitrogen and oxygen atoms in total. The number of rotatable bonds is 7. The average molecular weight is 379 g/mol. The summed E-state index contributed by atoms with van der Waals surface area (Å²) in [6, 6.07) is 6.39. The Morgan fingerprint density at radius 2 is 1.92 bits per heavy atom. The first-order chi connectivity index (χ1) is 11.8. The predicted octanol–water partition coefficient (Wildman–Crippen LogP) is 2.77. The molecular weight excluding hydrogens is 362 g/mol. The molecule has 0 saturated carbocycles. The van der Waals surface area contributed by atoms with E-state index in [1.165, 1.54) is 5.56 Å². The van der Waals surface area contributed by atoms with Crippen molar-refractivity contribution < 1.29 is 24.6 Å². The van der Waals surface area contributed by atoms with Gasteiger partial charge in [0.1, 0.15) is 10.4 Å². The fourth-order valence-electron chi connectivity index (χ4n) is 2.37. The third-order valence-electron chi connectivity index (χ3n) is 3.74. The van der Waals surface area contributed by atoms with Gasteiger partial charge in [-0.2, -0.15) is 0 Å². The zero-order valence-corrected chi connectivity index (χ0v) is 15.1. The van der Waals surface area contributed by atoms with Crippen molar-refractivity contribution in [3.63, 3.8) is 0 Å². The van der Waals surface area contributed by atoms with Crippen molar-refractivity contribution in [2.75, 3.05) is 0 Å². The fraction of sp³-hybridized carbons (Fsp3) is 0.294. The first kappa shape index (κ1) is 19.1. The summed E-state index contributed by atoms with van der Waals surface area (Å²) in [6.45, 7) is 2.04. The number of carbonyl (C=O) groups excluding carboxylic acids is 1. The van der Waals surface area contributed by atoms with E-state index >= 15 is 0 Å². The van der Waals surface area contributed by atoms with Crippen molar-refractivity contribution in [3.8, 4) is 0 Å². The van der Waals surface area contributed by atoms with E-state index in [4.69, 9.17) is 17.3 Å². The number of carboxylic acids is 2. The summed E-state index contributed by atoms with van der Waals surface area (Å²) >= 11 is 6.17. The molecule has 2 N–H and O–H groups in total. The summed E-state index contributed by atoms with van der Waals surface area (Å²) in [5.41, 5.74) is 1.99. The average Bonchev–Trinajstić information content (AvgIpc) is 2.83. The van der Waals surface area contributed by atoms with Crippen molar-refractivity contribution in [1.29, 1.82) is 0 Å². The summed E-state index contributed by atoms with van der Waals surface area (Å²) in [4.78, 5) is 36.1. The van der Waals surface area contributed by atoms with Gasteiger partial charge in [0.15, 0.2) is 0 Å². The van der Waals surface area contributed by atoms with Gasteiger partial charge in [0.2, 0.25) is 0 Å². The number of benzene rings is 1. The van der Waals surface area contributed by atoms with Gasteiger partial charge in [0.25, 0.3) is 5.91 Å². The van der Waals surface area contributed by atoms with E-state index in [0.717, 1.165) is 28.6 Å². The summed E-state index contributed by atoms with van der Waals surface area (Å²) < 4.78 is 0.124. The Morgan fingerprint density at radius 3 is 2.44 bits per heavy atom. The van der Waals surface area contributed by atoms with E-state index in [1.54, 1.807) is 6.08 Å². The standard InChI is InChI=1S/C17H17NO5S2/c1-2-10-3-5-11(6-4-10)9-13-15(21)18(17(24)25-13)12(16(22)23)7-8-14(19)20/h3-6,9,12H,2,7-8H2,1H3,(H,19,20)(H,22,23)/b13-9-. The molecule has 1 unspecified atom stereocenters. The Kier molecular flexibility index (Phi) is 6.33. The summed E-state index contributed by atoms with van der Waals surface area (Å²) in [5.74, 6) is -2.90. The van der Waals surface area contributed by atoms with E-state index < -0.39 is 23.9 Å². The molecule has 0 bridgehead atoms. The second-order valence-electron chi connectivity index (χ2n) is 5.43. The van der Waals surface area contributed by atoms with E-state index in [1.807, 2.05) is 31.2 Å². The van der Waals surface area contributed by atoms with Crippen LogP contribution in [0.2, 0.25) is 0 Å². The highest BCUT2D eigenvalue weighted by Gasteiger charge is 2.40. The zero-order chi connectivity index (χ0) is 18.6. The maximum absolute atomic E-state index is 12.6. The lowest BCUT2D eigenvalue weighted by Gasteiger charge is -2.22. The number of hydrogen-bond acceptors (Lipinski definition) is 5. The molecule has 1 heterocycles. The molecule has 0 spiro atoms. The number of carbonyl (C=O) groups is 3. The van der Waals surface area contributed by atoms with Gasteiger partial charge in [-0.1, -0.05) is 55.2 Å². The van der Waals surface area contributed by atoms with Crippen LogP contribution < -0.4 is 0 Å². The molecule has 1 aromatic carbocycles. The number of carboxylic acid groups (broad SMARTS) is 2. The fourth-order valence-corrected chi connectivity index (χ4v) is 3.73. The van der Waals surface area contributed by atoms with Crippen LogP contribution in [0.5, 0.6) is 0 Å². The van der Waals surface area contributed by atoms with Crippen LogP contribution in [0.3, 0.4) is 0 Å². The third-order valence-corrected chi connectivity index (χ3v) is 5.07. The highest BCUT2D eigenvalue weighted by Crippen LogP contribution is 2.35. The van der Waals surface area contributed by atoms with Gasteiger partial charge in [-0.25, -0.2) is 4.79 Å². The first-order valence-corrected chi connectivity index (χ1v) is 8.86. The minimum absolute atomic E-state index is 0.124. The predicted molar refractivity (Wildman–Crippen MR) is 99.1 cm³/mol. The van der Waals surface area contributed by atoms with Crippen molar-refractivity contribution in [2.45, 2.75) is 32.2 Å². The zero-order valence-electron chi connectivity index (χ0n) is 13.5. The Morgan fingerprint density at radius 1 is 1.28 bits per heavy atom. The van der Waals surface area contributed by atoms with Gasteiger partial charge < -0.3 is 10.2 Å². The first-order valence-electron chi connectivity index (χ1n) is 7.64. The highest BCUT2D eigenvalue weighted by atomic mass is 32.2. The molecular formula is C17H17NO5S2. The second-order valence-corrected chi connectivity index (χ2v) is 7.11. The lowest BCUT2D eigenvalue weighted by atomic mass is 10.1. The number of thiocarbonyl (C=S) groups is 1. The molecule has 1 aliphatic rings. The molecule has 132 valence electrons. The molecule has 1 fully saturated rings. The summed E-state index contributed by atoms with van der Waals surface area (Å²) in [7, 11) is 0. The Hall–Kier alpha value is -2.19. The van der Waals surface area contributed by atoms with Crippen LogP contribution in [0.25, 0.3) is 6.08 Å². The molecule has 0 radical (unpaired) electrons. The van der Waals surface area contributed by atoms with Gasteiger partial charge in [0.05, 0.1) is 4.91 Å². The lowest BCUT2D eigenvalue weighted by molar-refractivity contribution is -0.146. The van der Waals surface area contributed by atoms with E-state index in [-0.39, 0.29) is 17.2 Å². The van der Waals surface area contributed by atoms with Gasteiger partial charge in [0, 0.05) is 6.42 Å². The van der Waals surface area contributed by atoms with Crippen molar-refractivity contribution in [3.05, 3.63) is 40.3 Å². The lowest BCUT2D eigenvalue weighted by Crippen LogP contribution is -2.44. The largest absolute Gasteiger partial charge is 0.481 e. The summed E-state index contributed by atoms with van der Waals surface area (Å²) in [5, 5.41) is 18.1. The monoisotopic (exact) mass is 379 g/mol. The van der Waals surface area contributed by atoms with Gasteiger partial charge in [-0.15, -0.1) is 0 Å². The number of amides is 1. The van der Waals surface area contributed by atoms with Crippen molar-refractivity contribution in [2.24, 2.45) is 0 Å². The minimum atomic E-state index is -1.28. The Labute approximate surface area is 154 Å². The smallest absolute Gasteiger partial charge is 0.326 e. The number of nitrogens with zero attached hydrogens (tertiary/aromatic N) is 1. The molecule has 25 heavy (non-hydrogen) atoms. The normalized spacial score (nSPS) is 17.2. The van der Waals surface area contributed by atoms with Crippen LogP contribution in [0.4, 0.5) is 0 Å². The van der Waals surface area contributed by atoms with Crippen LogP contribution >= 0.6 is 24.0 Å². The van der Waals surface area contributed by atoms with Crippen LogP contribution in [0.15, 0.2) is 29.2 Å². The molecule has 0 aromatic heterocycles. The Balaban J connectivity index is 2.23. The molecule has 1 amide bonds. The maximum Gasteiger partial charge on any atom is 0.326 e. The molecule has 0 aliphatic carbocycles. The quantitative estimate of drug-likeness (QED) is 0.555. The van der Waals surface area contributed by atoms with E-state index in [2.05, 4.69) is 0 Å². The SMILES string of the molecule is CCc1ccc(/C=C2\SC(=S)N(C(CCC(=O)O)C(=O)O)C2=O)cc1. The van der Waals surface area contributed by atoms with E-state index in [9.17, 15) is 19.5 Å². The van der Waals surface area contributed by atoms with Crippen LogP contribution in [-0.2, 0) is 20.8 Å². The molecule has 1 aromatic rings. The van der Waals surface area contributed by atoms with Crippen LogP contribution in [-0.4, -0.2) is 43.3 Å². The highest BCUT2D eigenvalue weighted by molar-refractivity contribution is 8.26. The van der Waals surface area contributed by atoms with Crippen molar-refractivity contribution in [1.82, 2.24) is 4.90 Å². The Bertz CT molecular complexity index is 742.